The normalized spacial score (nSPS) is 13.5. The van der Waals surface area contributed by atoms with Gasteiger partial charge in [0.25, 0.3) is 0 Å². The smallest absolute Gasteiger partial charge is 0.0927 e. The van der Waals surface area contributed by atoms with Crippen molar-refractivity contribution in [1.82, 2.24) is 4.98 Å². The van der Waals surface area contributed by atoms with Crippen molar-refractivity contribution in [2.75, 3.05) is 9.80 Å². The molecule has 10 rings (SSSR count). The van der Waals surface area contributed by atoms with E-state index in [2.05, 4.69) is 267 Å². The van der Waals surface area contributed by atoms with Gasteiger partial charge in [0.05, 0.1) is 22.8 Å². The van der Waals surface area contributed by atoms with E-state index in [0.717, 1.165) is 84.7 Å². The summed E-state index contributed by atoms with van der Waals surface area (Å²) >= 11 is 0. The highest BCUT2D eigenvalue weighted by molar-refractivity contribution is 6.06. The van der Waals surface area contributed by atoms with Gasteiger partial charge in [0.2, 0.25) is 0 Å². The lowest BCUT2D eigenvalue weighted by atomic mass is 9.90. The minimum atomic E-state index is 0.169. The summed E-state index contributed by atoms with van der Waals surface area (Å²) in [5, 5.41) is 2.41. The Labute approximate surface area is 400 Å². The van der Waals surface area contributed by atoms with Crippen molar-refractivity contribution in [3.05, 3.63) is 277 Å². The number of allylic oxidation sites excluding steroid dienone is 5. The topological polar surface area (TPSA) is 31.7 Å². The number of rotatable bonds is 13. The van der Waals surface area contributed by atoms with Crippen LogP contribution in [0, 0.1) is 0 Å². The van der Waals surface area contributed by atoms with Crippen LogP contribution in [0.15, 0.2) is 266 Å². The van der Waals surface area contributed by atoms with Crippen LogP contribution in [0.1, 0.15) is 43.0 Å². The SMILES string of the molecule is C=C/C=C(N=C1CC=Cc2ccc(-c3ccc(-c4ccc(N(c5ccc(N(c6ccccc6)c6ccccc6)cc5)c5ccc6ccccc6c5)cc4)cc3)nc21)\C(=C/C)C(C)c1ccccc1. The first-order chi connectivity index (χ1) is 33.5. The van der Waals surface area contributed by atoms with E-state index < -0.39 is 0 Å². The number of anilines is 6. The summed E-state index contributed by atoms with van der Waals surface area (Å²) in [6, 6.07) is 77.6. The fourth-order valence-corrected chi connectivity index (χ4v) is 9.24. The maximum Gasteiger partial charge on any atom is 0.0927 e. The van der Waals surface area contributed by atoms with Gasteiger partial charge in [0, 0.05) is 57.6 Å². The number of benzene rings is 8. The molecular weight excluding hydrogens is 825 g/mol. The third-order valence-electron chi connectivity index (χ3n) is 12.7. The first-order valence-electron chi connectivity index (χ1n) is 23.3. The Hall–Kier alpha value is -8.60. The molecule has 1 unspecified atom stereocenters. The van der Waals surface area contributed by atoms with E-state index in [4.69, 9.17) is 9.98 Å². The molecule has 0 N–H and O–H groups in total. The second-order valence-electron chi connectivity index (χ2n) is 17.0. The fourth-order valence-electron chi connectivity index (χ4n) is 9.24. The Morgan fingerprint density at radius 2 is 1.04 bits per heavy atom. The fraction of sp³-hybridized carbons (Fsp3) is 0.0625. The van der Waals surface area contributed by atoms with Crippen LogP contribution in [-0.2, 0) is 0 Å². The van der Waals surface area contributed by atoms with Gasteiger partial charge in [-0.15, -0.1) is 0 Å². The summed E-state index contributed by atoms with van der Waals surface area (Å²) in [4.78, 5) is 15.2. The molecule has 0 saturated carbocycles. The number of pyridine rings is 1. The Balaban J connectivity index is 0.936. The quantitative estimate of drug-likeness (QED) is 0.108. The van der Waals surface area contributed by atoms with E-state index in [0.29, 0.717) is 6.42 Å². The third-order valence-corrected chi connectivity index (χ3v) is 12.7. The van der Waals surface area contributed by atoms with Gasteiger partial charge in [-0.25, -0.2) is 4.98 Å². The largest absolute Gasteiger partial charge is 0.311 e. The van der Waals surface area contributed by atoms with Crippen LogP contribution in [0.3, 0.4) is 0 Å². The number of fused-ring (bicyclic) bond motifs is 2. The molecule has 0 radical (unpaired) electrons. The minimum Gasteiger partial charge on any atom is -0.311 e. The Bertz CT molecular complexity index is 3270. The molecule has 0 aliphatic heterocycles. The number of nitrogens with zero attached hydrogens (tertiary/aromatic N) is 4. The molecule has 1 heterocycles. The molecule has 1 aromatic heterocycles. The molecule has 0 fully saturated rings. The van der Waals surface area contributed by atoms with Crippen LogP contribution < -0.4 is 9.80 Å². The summed E-state index contributed by atoms with van der Waals surface area (Å²) in [5.74, 6) is 0.169. The predicted molar refractivity (Wildman–Crippen MR) is 289 cm³/mol. The van der Waals surface area contributed by atoms with Gasteiger partial charge in [-0.2, -0.15) is 0 Å². The Kier molecular flexibility index (Phi) is 12.7. The van der Waals surface area contributed by atoms with Crippen molar-refractivity contribution < 1.29 is 0 Å². The molecule has 0 bridgehead atoms. The second kappa shape index (κ2) is 19.9. The number of aliphatic imine (C=N–C) groups is 1. The average molecular weight is 877 g/mol. The lowest BCUT2D eigenvalue weighted by Gasteiger charge is -2.28. The van der Waals surface area contributed by atoms with Crippen LogP contribution in [0.5, 0.6) is 0 Å². The van der Waals surface area contributed by atoms with E-state index in [1.54, 1.807) is 0 Å². The molecule has 4 heteroatoms. The number of para-hydroxylation sites is 2. The van der Waals surface area contributed by atoms with Crippen molar-refractivity contribution in [2.24, 2.45) is 4.99 Å². The zero-order valence-corrected chi connectivity index (χ0v) is 38.5. The minimum absolute atomic E-state index is 0.169. The standard InChI is InChI=1S/C64H52N4/c1-4-18-62(60(5-2)46(3)47-19-9-6-10-20-47)65-63-28-17-23-52-36-44-61(66-64(52)63)51-31-29-49(30-32-51)50-33-37-56(38-34-50)68(59-39-35-48-21-15-16-22-53(48)45-59)58-42-40-57(41-43-58)67(54-24-11-7-12-25-54)55-26-13-8-14-27-55/h4-27,29-46H,1,28H2,2-3H3/b60-5-,62-18+,65-63?. The van der Waals surface area contributed by atoms with Gasteiger partial charge < -0.3 is 9.80 Å². The molecule has 9 aromatic rings. The van der Waals surface area contributed by atoms with Crippen molar-refractivity contribution >= 4 is 56.7 Å². The van der Waals surface area contributed by atoms with Crippen molar-refractivity contribution in [1.29, 1.82) is 0 Å². The lowest BCUT2D eigenvalue weighted by molar-refractivity contribution is 0.893. The highest BCUT2D eigenvalue weighted by Gasteiger charge is 2.20. The van der Waals surface area contributed by atoms with Crippen molar-refractivity contribution in [3.8, 4) is 22.4 Å². The van der Waals surface area contributed by atoms with E-state index in [1.807, 2.05) is 12.2 Å². The molecule has 0 amide bonds. The predicted octanol–water partition coefficient (Wildman–Crippen LogP) is 17.5. The Morgan fingerprint density at radius 3 is 1.65 bits per heavy atom. The number of hydrogen-bond donors (Lipinski definition) is 0. The van der Waals surface area contributed by atoms with E-state index in [9.17, 15) is 0 Å². The molecule has 68 heavy (non-hydrogen) atoms. The number of aromatic nitrogens is 1. The van der Waals surface area contributed by atoms with Crippen LogP contribution in [0.4, 0.5) is 34.1 Å². The average Bonchev–Trinajstić information content (AvgIpc) is 3.40. The second-order valence-corrected chi connectivity index (χ2v) is 17.0. The Morgan fingerprint density at radius 1 is 0.544 bits per heavy atom. The maximum atomic E-state index is 5.30. The summed E-state index contributed by atoms with van der Waals surface area (Å²) in [6.07, 6.45) is 11.0. The summed E-state index contributed by atoms with van der Waals surface area (Å²) in [5.41, 5.74) is 17.0. The summed E-state index contributed by atoms with van der Waals surface area (Å²) < 4.78 is 0. The molecule has 0 saturated heterocycles. The zero-order valence-electron chi connectivity index (χ0n) is 38.5. The van der Waals surface area contributed by atoms with Crippen molar-refractivity contribution in [3.63, 3.8) is 0 Å². The first kappa shape index (κ1) is 43.3. The van der Waals surface area contributed by atoms with Gasteiger partial charge >= 0.3 is 0 Å². The molecular formula is C64H52N4. The molecule has 8 aromatic carbocycles. The molecule has 1 atom stereocenters. The first-order valence-corrected chi connectivity index (χ1v) is 23.3. The van der Waals surface area contributed by atoms with E-state index >= 15 is 0 Å². The molecule has 1 aliphatic carbocycles. The monoisotopic (exact) mass is 876 g/mol. The van der Waals surface area contributed by atoms with Crippen LogP contribution >= 0.6 is 0 Å². The van der Waals surface area contributed by atoms with Gasteiger partial charge in [-0.05, 0) is 125 Å². The van der Waals surface area contributed by atoms with E-state index in [1.165, 1.54) is 16.3 Å². The van der Waals surface area contributed by atoms with Crippen LogP contribution in [0.2, 0.25) is 0 Å². The number of hydrogen-bond acceptors (Lipinski definition) is 4. The van der Waals surface area contributed by atoms with Crippen LogP contribution in [0.25, 0.3) is 39.2 Å². The highest BCUT2D eigenvalue weighted by atomic mass is 15.2. The third kappa shape index (κ3) is 9.13. The van der Waals surface area contributed by atoms with Crippen LogP contribution in [-0.4, -0.2) is 10.7 Å². The molecule has 0 spiro atoms. The van der Waals surface area contributed by atoms with Gasteiger partial charge in [-0.3, -0.25) is 4.99 Å². The van der Waals surface area contributed by atoms with Gasteiger partial charge in [-0.1, -0.05) is 177 Å². The highest BCUT2D eigenvalue weighted by Crippen LogP contribution is 2.41. The van der Waals surface area contributed by atoms with E-state index in [-0.39, 0.29) is 5.92 Å². The molecule has 1 aliphatic rings. The van der Waals surface area contributed by atoms with Crippen molar-refractivity contribution in [2.45, 2.75) is 26.2 Å². The zero-order chi connectivity index (χ0) is 46.2. The molecule has 328 valence electrons. The molecule has 4 nitrogen and oxygen atoms in total. The van der Waals surface area contributed by atoms with Gasteiger partial charge in [0.15, 0.2) is 0 Å². The van der Waals surface area contributed by atoms with Gasteiger partial charge in [0.1, 0.15) is 0 Å². The summed E-state index contributed by atoms with van der Waals surface area (Å²) in [7, 11) is 0. The summed E-state index contributed by atoms with van der Waals surface area (Å²) in [6.45, 7) is 8.35. The lowest BCUT2D eigenvalue weighted by Crippen LogP contribution is -2.12. The maximum absolute atomic E-state index is 5.30.